The van der Waals surface area contributed by atoms with Gasteiger partial charge >= 0.3 is 0 Å². The molecule has 0 heterocycles. The molecule has 9 atom stereocenters. The van der Waals surface area contributed by atoms with E-state index in [-0.39, 0.29) is 34.0 Å². The van der Waals surface area contributed by atoms with Crippen LogP contribution in [0.4, 0.5) is 0 Å². The highest BCUT2D eigenvalue weighted by Crippen LogP contribution is 2.71. The van der Waals surface area contributed by atoms with Crippen molar-refractivity contribution < 1.29 is 10.2 Å². The van der Waals surface area contributed by atoms with Gasteiger partial charge in [-0.25, -0.2) is 0 Å². The van der Waals surface area contributed by atoms with Crippen molar-refractivity contribution in [2.45, 2.75) is 50.7 Å². The minimum absolute atomic E-state index is 0.000478. The molecule has 5 aliphatic rings. The zero-order chi connectivity index (χ0) is 30.5. The molecule has 2 nitrogen and oxygen atoms in total. The molecule has 0 aliphatic heterocycles. The Kier molecular flexibility index (Phi) is 5.79. The molecule has 1 fully saturated rings. The van der Waals surface area contributed by atoms with E-state index in [9.17, 15) is 10.2 Å². The van der Waals surface area contributed by atoms with Crippen molar-refractivity contribution in [1.82, 2.24) is 0 Å². The summed E-state index contributed by atoms with van der Waals surface area (Å²) < 4.78 is 0. The van der Waals surface area contributed by atoms with Crippen LogP contribution >= 0.6 is 0 Å². The molecule has 0 spiro atoms. The lowest BCUT2D eigenvalue weighted by Gasteiger charge is -2.47. The summed E-state index contributed by atoms with van der Waals surface area (Å²) in [6, 6.07) is 25.4. The fraction of sp³-hybridized carbons (Fsp3) is 0.333. The number of hydrogen-bond donors (Lipinski definition) is 2. The third-order valence-electron chi connectivity index (χ3n) is 12.5. The third kappa shape index (κ3) is 3.34. The molecule has 0 amide bonds. The van der Waals surface area contributed by atoms with Crippen LogP contribution in [0.15, 0.2) is 134 Å². The molecule has 2 heteroatoms. The number of fused-ring (bicyclic) bond motifs is 6. The van der Waals surface area contributed by atoms with Crippen molar-refractivity contribution in [2.75, 3.05) is 0 Å². The molecule has 0 saturated heterocycles. The molecule has 0 bridgehead atoms. The number of allylic oxidation sites excluding steroid dienone is 8. The molecular formula is C42H42O2. The summed E-state index contributed by atoms with van der Waals surface area (Å²) >= 11 is 0. The lowest BCUT2D eigenvalue weighted by Crippen LogP contribution is -2.47. The molecule has 3 aromatic carbocycles. The molecule has 5 aliphatic carbocycles. The zero-order valence-corrected chi connectivity index (χ0v) is 26.1. The fourth-order valence-electron chi connectivity index (χ4n) is 10.3. The topological polar surface area (TPSA) is 40.5 Å². The van der Waals surface area contributed by atoms with Crippen LogP contribution in [-0.4, -0.2) is 10.2 Å². The van der Waals surface area contributed by atoms with Crippen LogP contribution in [0.3, 0.4) is 0 Å². The normalized spacial score (nSPS) is 40.9. The Morgan fingerprint density at radius 2 is 1.18 bits per heavy atom. The van der Waals surface area contributed by atoms with Crippen LogP contribution in [0.5, 0.6) is 0 Å². The molecule has 8 rings (SSSR count). The second-order valence-corrected chi connectivity index (χ2v) is 14.8. The van der Waals surface area contributed by atoms with Gasteiger partial charge in [0, 0.05) is 28.1 Å². The van der Waals surface area contributed by atoms with Crippen LogP contribution in [-0.2, 0) is 16.6 Å². The van der Waals surface area contributed by atoms with Crippen molar-refractivity contribution in [3.05, 3.63) is 156 Å². The van der Waals surface area contributed by atoms with E-state index in [4.69, 9.17) is 0 Å². The maximum absolute atomic E-state index is 12.9. The van der Waals surface area contributed by atoms with Gasteiger partial charge in [-0.3, -0.25) is 0 Å². The molecule has 1 saturated carbocycles. The van der Waals surface area contributed by atoms with Gasteiger partial charge in [0.15, 0.2) is 0 Å². The first-order valence-electron chi connectivity index (χ1n) is 16.2. The Labute approximate surface area is 261 Å². The Hall–Kier alpha value is -3.72. The summed E-state index contributed by atoms with van der Waals surface area (Å²) in [6.07, 6.45) is 23.1. The van der Waals surface area contributed by atoms with Crippen molar-refractivity contribution in [3.63, 3.8) is 0 Å². The zero-order valence-electron chi connectivity index (χ0n) is 26.1. The lowest BCUT2D eigenvalue weighted by atomic mass is 9.59. The minimum atomic E-state index is -1.10. The van der Waals surface area contributed by atoms with Gasteiger partial charge < -0.3 is 10.2 Å². The van der Waals surface area contributed by atoms with Gasteiger partial charge in [-0.15, -0.1) is 0 Å². The van der Waals surface area contributed by atoms with E-state index in [1.54, 1.807) is 0 Å². The maximum Gasteiger partial charge on any atom is 0.122 e. The maximum atomic E-state index is 12.9. The largest absolute Gasteiger partial charge is 0.384 e. The second kappa shape index (κ2) is 9.16. The van der Waals surface area contributed by atoms with Crippen LogP contribution in [0.25, 0.3) is 11.1 Å². The van der Waals surface area contributed by atoms with E-state index >= 15 is 0 Å². The van der Waals surface area contributed by atoms with Gasteiger partial charge in [-0.2, -0.15) is 0 Å². The van der Waals surface area contributed by atoms with Crippen LogP contribution in [0, 0.1) is 34.5 Å². The summed E-state index contributed by atoms with van der Waals surface area (Å²) in [5, 5.41) is 25.3. The first kappa shape index (κ1) is 27.8. The number of benzene rings is 3. The predicted molar refractivity (Wildman–Crippen MR) is 179 cm³/mol. The van der Waals surface area contributed by atoms with E-state index in [1.165, 1.54) is 5.56 Å². The third-order valence-corrected chi connectivity index (χ3v) is 12.5. The lowest BCUT2D eigenvalue weighted by molar-refractivity contribution is -0.0990. The van der Waals surface area contributed by atoms with Gasteiger partial charge in [-0.05, 0) is 51.6 Å². The van der Waals surface area contributed by atoms with Crippen LogP contribution in [0.2, 0.25) is 0 Å². The van der Waals surface area contributed by atoms with Crippen molar-refractivity contribution >= 4 is 0 Å². The Balaban J connectivity index is 1.15. The van der Waals surface area contributed by atoms with Gasteiger partial charge in [-0.1, -0.05) is 161 Å². The van der Waals surface area contributed by atoms with E-state index in [0.29, 0.717) is 5.92 Å². The first-order valence-corrected chi connectivity index (χ1v) is 16.2. The van der Waals surface area contributed by atoms with E-state index in [1.807, 2.05) is 6.07 Å². The SMILES string of the molecule is CC1C=CC2C3(C)C=CC=CC3C(O)(c3ccc(-c4ccc(C5(O)c6ccccc6C6(C)C=CC=CC65)cc4)cc3)C2(C)C1. The average Bonchev–Trinajstić information content (AvgIpc) is 3.34. The summed E-state index contributed by atoms with van der Waals surface area (Å²) in [5.41, 5.74) is 3.52. The van der Waals surface area contributed by atoms with Crippen molar-refractivity contribution in [1.29, 1.82) is 0 Å². The first-order chi connectivity index (χ1) is 21.1. The Morgan fingerprint density at radius 1 is 0.591 bits per heavy atom. The van der Waals surface area contributed by atoms with E-state index < -0.39 is 11.2 Å². The Bertz CT molecular complexity index is 1790. The highest BCUT2D eigenvalue weighted by Gasteiger charge is 2.70. The fourth-order valence-corrected chi connectivity index (χ4v) is 10.3. The van der Waals surface area contributed by atoms with Gasteiger partial charge in [0.05, 0.1) is 0 Å². The smallest absolute Gasteiger partial charge is 0.122 e. The molecule has 44 heavy (non-hydrogen) atoms. The average molecular weight is 579 g/mol. The minimum Gasteiger partial charge on any atom is -0.384 e. The van der Waals surface area contributed by atoms with Gasteiger partial charge in [0.2, 0.25) is 0 Å². The monoisotopic (exact) mass is 578 g/mol. The summed E-state index contributed by atoms with van der Waals surface area (Å²) in [7, 11) is 0. The molecular weight excluding hydrogens is 536 g/mol. The number of hydrogen-bond acceptors (Lipinski definition) is 2. The molecule has 9 unspecified atom stereocenters. The van der Waals surface area contributed by atoms with Crippen LogP contribution < -0.4 is 0 Å². The number of aliphatic hydroxyl groups is 2. The summed E-state index contributed by atoms with van der Waals surface area (Å²) in [5.74, 6) is 0.612. The summed E-state index contributed by atoms with van der Waals surface area (Å²) in [6.45, 7) is 9.14. The van der Waals surface area contributed by atoms with Gasteiger partial charge in [0.1, 0.15) is 11.2 Å². The summed E-state index contributed by atoms with van der Waals surface area (Å²) in [4.78, 5) is 0. The molecule has 0 radical (unpaired) electrons. The van der Waals surface area contributed by atoms with E-state index in [2.05, 4.69) is 155 Å². The molecule has 2 N–H and O–H groups in total. The molecule has 3 aromatic rings. The highest BCUT2D eigenvalue weighted by atomic mass is 16.3. The highest BCUT2D eigenvalue weighted by molar-refractivity contribution is 5.66. The number of rotatable bonds is 3. The standard InChI is InChI=1S/C42H42O2/c1-28-15-24-35-39(3)26-10-8-14-37(39)42(44,40(35,4)27-28)32-22-18-30(19-23-32)29-16-20-31(21-17-29)41(43)34-12-6-5-11-33(34)38(2)25-9-7-13-36(38)41/h5-26,28,35-37,43-44H,27H2,1-4H3. The second-order valence-electron chi connectivity index (χ2n) is 14.8. The predicted octanol–water partition coefficient (Wildman–Crippen LogP) is 8.77. The molecule has 222 valence electrons. The Morgan fingerprint density at radius 3 is 1.86 bits per heavy atom. The van der Waals surface area contributed by atoms with Crippen LogP contribution in [0.1, 0.15) is 56.4 Å². The van der Waals surface area contributed by atoms with E-state index in [0.717, 1.165) is 34.2 Å². The quantitative estimate of drug-likeness (QED) is 0.305. The van der Waals surface area contributed by atoms with Crippen molar-refractivity contribution in [3.8, 4) is 11.1 Å². The van der Waals surface area contributed by atoms with Gasteiger partial charge in [0.25, 0.3) is 0 Å². The molecule has 0 aromatic heterocycles. The van der Waals surface area contributed by atoms with Crippen molar-refractivity contribution in [2.24, 2.45) is 34.5 Å².